The molecule has 0 spiro atoms. The molecule has 3 aromatic rings. The van der Waals surface area contributed by atoms with Crippen LogP contribution in [0.15, 0.2) is 47.0 Å². The predicted molar refractivity (Wildman–Crippen MR) is 77.6 cm³/mol. The molecule has 0 aliphatic carbocycles. The number of H-pyrrole nitrogens is 1. The van der Waals surface area contributed by atoms with E-state index >= 15 is 0 Å². The normalized spacial score (nSPS) is 12.5. The Balaban J connectivity index is 1.84. The lowest BCUT2D eigenvalue weighted by Gasteiger charge is -2.12. The van der Waals surface area contributed by atoms with Gasteiger partial charge in [-0.25, -0.2) is 0 Å². The van der Waals surface area contributed by atoms with Crippen LogP contribution in [0.4, 0.5) is 0 Å². The summed E-state index contributed by atoms with van der Waals surface area (Å²) in [6.45, 7) is 3.80. The summed E-state index contributed by atoms with van der Waals surface area (Å²) in [5, 5.41) is 3.89. The van der Waals surface area contributed by atoms with E-state index in [4.69, 9.17) is 4.42 Å². The Bertz CT molecular complexity index is 755. The van der Waals surface area contributed by atoms with Crippen molar-refractivity contribution in [3.05, 3.63) is 59.7 Å². The molecule has 2 aromatic heterocycles. The van der Waals surface area contributed by atoms with Gasteiger partial charge in [0.1, 0.15) is 11.5 Å². The fourth-order valence-corrected chi connectivity index (χ4v) is 2.32. The van der Waals surface area contributed by atoms with Crippen LogP contribution in [0.3, 0.4) is 0 Å². The monoisotopic (exact) mass is 268 g/mol. The van der Waals surface area contributed by atoms with Crippen LogP contribution < -0.4 is 5.32 Å². The van der Waals surface area contributed by atoms with Gasteiger partial charge in [0.2, 0.25) is 0 Å². The third-order valence-corrected chi connectivity index (χ3v) is 3.38. The van der Waals surface area contributed by atoms with Gasteiger partial charge in [0.25, 0.3) is 5.91 Å². The summed E-state index contributed by atoms with van der Waals surface area (Å²) in [7, 11) is 0. The molecule has 0 fully saturated rings. The number of furan rings is 1. The second-order valence-corrected chi connectivity index (χ2v) is 4.89. The number of hydrogen-bond acceptors (Lipinski definition) is 2. The molecule has 0 saturated heterocycles. The summed E-state index contributed by atoms with van der Waals surface area (Å²) in [5.41, 5.74) is 1.62. The summed E-state index contributed by atoms with van der Waals surface area (Å²) >= 11 is 0. The zero-order valence-electron chi connectivity index (χ0n) is 11.4. The molecule has 20 heavy (non-hydrogen) atoms. The summed E-state index contributed by atoms with van der Waals surface area (Å²) in [4.78, 5) is 15.5. The van der Waals surface area contributed by atoms with Crippen LogP contribution in [-0.4, -0.2) is 10.9 Å². The maximum Gasteiger partial charge on any atom is 0.252 e. The van der Waals surface area contributed by atoms with Crippen molar-refractivity contribution in [1.82, 2.24) is 10.3 Å². The lowest BCUT2D eigenvalue weighted by atomic mass is 10.1. The van der Waals surface area contributed by atoms with Crippen molar-refractivity contribution in [2.45, 2.75) is 19.9 Å². The van der Waals surface area contributed by atoms with Gasteiger partial charge in [-0.3, -0.25) is 4.79 Å². The average Bonchev–Trinajstić information content (AvgIpc) is 3.06. The summed E-state index contributed by atoms with van der Waals surface area (Å²) < 4.78 is 5.53. The van der Waals surface area contributed by atoms with Crippen LogP contribution in [0.25, 0.3) is 10.9 Å². The van der Waals surface area contributed by atoms with Gasteiger partial charge in [-0.05, 0) is 44.2 Å². The zero-order chi connectivity index (χ0) is 14.1. The van der Waals surface area contributed by atoms with E-state index in [9.17, 15) is 4.79 Å². The maximum absolute atomic E-state index is 12.4. The van der Waals surface area contributed by atoms with E-state index in [1.807, 2.05) is 56.4 Å². The fraction of sp³-hybridized carbons (Fsp3) is 0.188. The number of hydrogen-bond donors (Lipinski definition) is 2. The number of fused-ring (bicyclic) bond motifs is 1. The van der Waals surface area contributed by atoms with Crippen LogP contribution in [0, 0.1) is 6.92 Å². The number of carbonyl (C=O) groups excluding carboxylic acids is 1. The van der Waals surface area contributed by atoms with Gasteiger partial charge >= 0.3 is 0 Å². The fourth-order valence-electron chi connectivity index (χ4n) is 2.32. The van der Waals surface area contributed by atoms with E-state index < -0.39 is 0 Å². The van der Waals surface area contributed by atoms with Gasteiger partial charge in [0, 0.05) is 22.7 Å². The topological polar surface area (TPSA) is 58.0 Å². The summed E-state index contributed by atoms with van der Waals surface area (Å²) in [6.07, 6.45) is 1.83. The van der Waals surface area contributed by atoms with Crippen molar-refractivity contribution in [2.24, 2.45) is 0 Å². The number of amides is 1. The van der Waals surface area contributed by atoms with E-state index in [1.54, 1.807) is 0 Å². The Morgan fingerprint density at radius 2 is 2.10 bits per heavy atom. The lowest BCUT2D eigenvalue weighted by molar-refractivity contribution is 0.0937. The largest absolute Gasteiger partial charge is 0.464 e. The molecule has 1 atom stereocenters. The first-order valence-corrected chi connectivity index (χ1v) is 6.58. The highest BCUT2D eigenvalue weighted by atomic mass is 16.3. The highest BCUT2D eigenvalue weighted by molar-refractivity contribution is 6.06. The number of rotatable bonds is 3. The molecule has 0 radical (unpaired) electrons. The molecule has 0 bridgehead atoms. The molecule has 1 aromatic carbocycles. The average molecular weight is 268 g/mol. The first-order valence-electron chi connectivity index (χ1n) is 6.58. The molecule has 4 heteroatoms. The van der Waals surface area contributed by atoms with Crippen LogP contribution >= 0.6 is 0 Å². The van der Waals surface area contributed by atoms with Gasteiger partial charge in [-0.1, -0.05) is 6.07 Å². The Kier molecular flexibility index (Phi) is 3.06. The minimum atomic E-state index is -0.162. The zero-order valence-corrected chi connectivity index (χ0v) is 11.4. The quantitative estimate of drug-likeness (QED) is 0.763. The molecule has 1 unspecified atom stereocenters. The van der Waals surface area contributed by atoms with E-state index in [0.717, 1.165) is 22.4 Å². The van der Waals surface area contributed by atoms with Gasteiger partial charge in [-0.2, -0.15) is 0 Å². The third-order valence-electron chi connectivity index (χ3n) is 3.38. The SMILES string of the molecule is Cc1ccc(C(C)NC(=O)c2cccc3[nH]ccc23)o1. The van der Waals surface area contributed by atoms with Crippen molar-refractivity contribution >= 4 is 16.8 Å². The van der Waals surface area contributed by atoms with Crippen LogP contribution in [0.5, 0.6) is 0 Å². The summed E-state index contributed by atoms with van der Waals surface area (Å²) in [6, 6.07) is 11.2. The van der Waals surface area contributed by atoms with Gasteiger partial charge in [0.15, 0.2) is 0 Å². The second kappa shape index (κ2) is 4.89. The number of aromatic nitrogens is 1. The number of benzene rings is 1. The van der Waals surface area contributed by atoms with Crippen molar-refractivity contribution in [2.75, 3.05) is 0 Å². The Morgan fingerprint density at radius 3 is 2.85 bits per heavy atom. The summed E-state index contributed by atoms with van der Waals surface area (Å²) in [5.74, 6) is 1.50. The lowest BCUT2D eigenvalue weighted by Crippen LogP contribution is -2.26. The molecule has 2 N–H and O–H groups in total. The van der Waals surface area contributed by atoms with Crippen molar-refractivity contribution < 1.29 is 9.21 Å². The van der Waals surface area contributed by atoms with Crippen molar-refractivity contribution in [1.29, 1.82) is 0 Å². The second-order valence-electron chi connectivity index (χ2n) is 4.89. The van der Waals surface area contributed by atoms with Crippen LogP contribution in [0.2, 0.25) is 0 Å². The highest BCUT2D eigenvalue weighted by Crippen LogP contribution is 2.20. The Morgan fingerprint density at radius 1 is 1.25 bits per heavy atom. The van der Waals surface area contributed by atoms with E-state index in [-0.39, 0.29) is 11.9 Å². The smallest absolute Gasteiger partial charge is 0.252 e. The van der Waals surface area contributed by atoms with Gasteiger partial charge in [-0.15, -0.1) is 0 Å². The first kappa shape index (κ1) is 12.5. The Labute approximate surface area is 116 Å². The van der Waals surface area contributed by atoms with Gasteiger partial charge < -0.3 is 14.7 Å². The van der Waals surface area contributed by atoms with Gasteiger partial charge in [0.05, 0.1) is 6.04 Å². The first-order chi connectivity index (χ1) is 9.65. The number of nitrogens with one attached hydrogen (secondary N) is 2. The molecule has 0 aliphatic heterocycles. The number of carbonyl (C=O) groups is 1. The molecule has 1 amide bonds. The van der Waals surface area contributed by atoms with Crippen molar-refractivity contribution in [3.63, 3.8) is 0 Å². The number of aromatic amines is 1. The third kappa shape index (κ3) is 2.20. The molecule has 102 valence electrons. The molecule has 4 nitrogen and oxygen atoms in total. The van der Waals surface area contributed by atoms with Crippen molar-refractivity contribution in [3.8, 4) is 0 Å². The highest BCUT2D eigenvalue weighted by Gasteiger charge is 2.16. The molecule has 3 rings (SSSR count). The Hall–Kier alpha value is -2.49. The minimum Gasteiger partial charge on any atom is -0.464 e. The predicted octanol–water partition coefficient (Wildman–Crippen LogP) is 3.56. The standard InChI is InChI=1S/C16H16N2O2/c1-10-6-7-15(20-10)11(2)18-16(19)13-4-3-5-14-12(13)8-9-17-14/h3-9,11,17H,1-2H3,(H,18,19). The molecular formula is C16H16N2O2. The molecule has 2 heterocycles. The van der Waals surface area contributed by atoms with E-state index in [2.05, 4.69) is 10.3 Å². The van der Waals surface area contributed by atoms with Crippen LogP contribution in [-0.2, 0) is 0 Å². The number of aryl methyl sites for hydroxylation is 1. The van der Waals surface area contributed by atoms with E-state index in [0.29, 0.717) is 5.56 Å². The molecule has 0 saturated carbocycles. The van der Waals surface area contributed by atoms with E-state index in [1.165, 1.54) is 0 Å². The molecule has 0 aliphatic rings. The molecular weight excluding hydrogens is 252 g/mol. The van der Waals surface area contributed by atoms with Crippen LogP contribution in [0.1, 0.15) is 34.8 Å². The maximum atomic E-state index is 12.4. The minimum absolute atomic E-state index is 0.100.